The maximum Gasteiger partial charge on any atom is 0.163 e. The molecule has 1 aliphatic rings. The number of rotatable bonds is 6. The predicted molar refractivity (Wildman–Crippen MR) is 145 cm³/mol. The Morgan fingerprint density at radius 3 is 2.16 bits per heavy atom. The Kier molecular flexibility index (Phi) is 6.49. The number of aromatic nitrogens is 4. The van der Waals surface area contributed by atoms with Crippen molar-refractivity contribution in [2.45, 2.75) is 44.8 Å². The molecule has 6 rings (SSSR count). The number of halogens is 2. The Labute approximate surface area is 220 Å². The first-order valence-corrected chi connectivity index (χ1v) is 13.2. The van der Waals surface area contributed by atoms with E-state index in [0.29, 0.717) is 0 Å². The van der Waals surface area contributed by atoms with E-state index in [-0.39, 0.29) is 29.8 Å². The van der Waals surface area contributed by atoms with Crippen molar-refractivity contribution in [3.63, 3.8) is 0 Å². The zero-order valence-electron chi connectivity index (χ0n) is 21.5. The van der Waals surface area contributed by atoms with Gasteiger partial charge in [-0.25, -0.2) is 8.78 Å². The molecule has 0 N–H and O–H groups in total. The molecular formula is C30H30F2N6. The molecule has 2 aromatic carbocycles. The molecule has 0 spiro atoms. The van der Waals surface area contributed by atoms with Crippen LogP contribution in [-0.4, -0.2) is 49.7 Å². The number of pyridine rings is 2. The van der Waals surface area contributed by atoms with Crippen LogP contribution in [0.1, 0.15) is 43.9 Å². The molecule has 2 atom stereocenters. The van der Waals surface area contributed by atoms with Gasteiger partial charge < -0.3 is 4.90 Å². The highest BCUT2D eigenvalue weighted by atomic mass is 19.1. The average Bonchev–Trinajstić information content (AvgIpc) is 3.43. The summed E-state index contributed by atoms with van der Waals surface area (Å²) in [5.74, 6) is -0.531. The van der Waals surface area contributed by atoms with Crippen molar-refractivity contribution in [1.82, 2.24) is 24.5 Å². The van der Waals surface area contributed by atoms with E-state index >= 15 is 0 Å². The lowest BCUT2D eigenvalue weighted by molar-refractivity contribution is 0.111. The third kappa shape index (κ3) is 4.28. The summed E-state index contributed by atoms with van der Waals surface area (Å²) >= 11 is 0. The topological polar surface area (TPSA) is 49.6 Å². The SMILES string of the molecule is CC[C@H]1CN(C(c2ccc(F)cc2)c2ccc(F)cc2)[C@H](CC)CN1c1cc2nncn2c2cccnc12. The molecular weight excluding hydrogens is 482 g/mol. The second-order valence-corrected chi connectivity index (χ2v) is 9.94. The van der Waals surface area contributed by atoms with Crippen molar-refractivity contribution in [3.05, 3.63) is 102 Å². The fourth-order valence-electron chi connectivity index (χ4n) is 5.89. The van der Waals surface area contributed by atoms with E-state index in [2.05, 4.69) is 46.0 Å². The van der Waals surface area contributed by atoms with Crippen LogP contribution < -0.4 is 4.90 Å². The molecule has 0 radical (unpaired) electrons. The first kappa shape index (κ1) is 24.4. The van der Waals surface area contributed by atoms with Crippen LogP contribution in [0.25, 0.3) is 16.7 Å². The van der Waals surface area contributed by atoms with Gasteiger partial charge in [0.15, 0.2) is 5.65 Å². The van der Waals surface area contributed by atoms with Crippen LogP contribution in [0.15, 0.2) is 79.3 Å². The minimum atomic E-state index is -0.266. The largest absolute Gasteiger partial charge is 0.364 e. The highest BCUT2D eigenvalue weighted by Gasteiger charge is 2.38. The maximum absolute atomic E-state index is 13.9. The molecule has 194 valence electrons. The summed E-state index contributed by atoms with van der Waals surface area (Å²) in [5, 5.41) is 8.47. The molecule has 0 aliphatic carbocycles. The van der Waals surface area contributed by atoms with E-state index in [1.807, 2.05) is 40.9 Å². The molecule has 0 amide bonds. The third-order valence-electron chi connectivity index (χ3n) is 7.82. The predicted octanol–water partition coefficient (Wildman–Crippen LogP) is 6.02. The molecule has 1 fully saturated rings. The number of nitrogens with zero attached hydrogens (tertiary/aromatic N) is 6. The van der Waals surface area contributed by atoms with Crippen molar-refractivity contribution in [2.75, 3.05) is 18.0 Å². The van der Waals surface area contributed by atoms with E-state index in [1.54, 1.807) is 6.33 Å². The number of hydrogen-bond acceptors (Lipinski definition) is 5. The van der Waals surface area contributed by atoms with E-state index in [4.69, 9.17) is 4.98 Å². The first-order valence-electron chi connectivity index (χ1n) is 13.2. The summed E-state index contributed by atoms with van der Waals surface area (Å²) in [6.45, 7) is 6.00. The van der Waals surface area contributed by atoms with Crippen molar-refractivity contribution >= 4 is 22.4 Å². The number of anilines is 1. The smallest absolute Gasteiger partial charge is 0.163 e. The number of fused-ring (bicyclic) bond motifs is 3. The van der Waals surface area contributed by atoms with Crippen LogP contribution in [0.2, 0.25) is 0 Å². The van der Waals surface area contributed by atoms with Gasteiger partial charge in [-0.3, -0.25) is 14.3 Å². The van der Waals surface area contributed by atoms with Gasteiger partial charge in [0.05, 0.1) is 17.2 Å². The van der Waals surface area contributed by atoms with Gasteiger partial charge in [0, 0.05) is 37.4 Å². The van der Waals surface area contributed by atoms with Gasteiger partial charge >= 0.3 is 0 Å². The van der Waals surface area contributed by atoms with E-state index < -0.39 is 0 Å². The van der Waals surface area contributed by atoms with Gasteiger partial charge in [-0.2, -0.15) is 0 Å². The van der Waals surface area contributed by atoms with Gasteiger partial charge in [0.2, 0.25) is 0 Å². The Hall–Kier alpha value is -3.91. The van der Waals surface area contributed by atoms with Gasteiger partial charge in [-0.05, 0) is 60.4 Å². The summed E-state index contributed by atoms with van der Waals surface area (Å²) in [6, 6.07) is 19.8. The Bertz CT molecular complexity index is 1500. The molecule has 5 aromatic rings. The van der Waals surface area contributed by atoms with E-state index in [9.17, 15) is 8.78 Å². The van der Waals surface area contributed by atoms with Gasteiger partial charge in [-0.15, -0.1) is 10.2 Å². The summed E-state index contributed by atoms with van der Waals surface area (Å²) < 4.78 is 29.7. The number of hydrogen-bond donors (Lipinski definition) is 0. The molecule has 0 saturated carbocycles. The Balaban J connectivity index is 1.43. The fraction of sp³-hybridized carbons (Fsp3) is 0.300. The lowest BCUT2D eigenvalue weighted by Gasteiger charge is -2.50. The molecule has 1 saturated heterocycles. The molecule has 38 heavy (non-hydrogen) atoms. The van der Waals surface area contributed by atoms with Crippen LogP contribution in [0.3, 0.4) is 0 Å². The second-order valence-electron chi connectivity index (χ2n) is 9.94. The van der Waals surface area contributed by atoms with Crippen LogP contribution in [0.5, 0.6) is 0 Å². The van der Waals surface area contributed by atoms with Crippen LogP contribution in [0, 0.1) is 11.6 Å². The standard InChI is InChI=1S/C30H30F2N6/c1-3-24-18-37(30(20-7-11-22(31)12-8-20)21-9-13-23(32)14-10-21)25(4-2)17-36(24)27-16-28-35-34-19-38(28)26-6-5-15-33-29(26)27/h5-16,19,24-25,30H,3-4,17-18H2,1-2H3/t24-,25+/m0/s1. The number of piperazine rings is 1. The summed E-state index contributed by atoms with van der Waals surface area (Å²) in [4.78, 5) is 9.75. The van der Waals surface area contributed by atoms with Crippen LogP contribution in [-0.2, 0) is 0 Å². The number of benzene rings is 2. The Morgan fingerprint density at radius 2 is 1.53 bits per heavy atom. The molecule has 4 heterocycles. The molecule has 8 heteroatoms. The van der Waals surface area contributed by atoms with Gasteiger partial charge in [0.25, 0.3) is 0 Å². The normalized spacial score (nSPS) is 18.6. The van der Waals surface area contributed by atoms with Crippen molar-refractivity contribution in [2.24, 2.45) is 0 Å². The Morgan fingerprint density at radius 1 is 0.868 bits per heavy atom. The molecule has 0 unspecified atom stereocenters. The minimum absolute atomic E-state index is 0.119. The monoisotopic (exact) mass is 512 g/mol. The van der Waals surface area contributed by atoms with E-state index in [0.717, 1.165) is 59.4 Å². The highest BCUT2D eigenvalue weighted by Crippen LogP contribution is 2.38. The van der Waals surface area contributed by atoms with Crippen molar-refractivity contribution in [1.29, 1.82) is 0 Å². The molecule has 1 aliphatic heterocycles. The quantitative estimate of drug-likeness (QED) is 0.278. The van der Waals surface area contributed by atoms with Crippen LogP contribution >= 0.6 is 0 Å². The molecule has 6 nitrogen and oxygen atoms in total. The second kappa shape index (κ2) is 10.1. The molecule has 0 bridgehead atoms. The third-order valence-corrected chi connectivity index (χ3v) is 7.82. The lowest BCUT2D eigenvalue weighted by Crippen LogP contribution is -2.59. The summed E-state index contributed by atoms with van der Waals surface area (Å²) in [5.41, 5.74) is 5.75. The highest BCUT2D eigenvalue weighted by molar-refractivity contribution is 5.91. The zero-order chi connectivity index (χ0) is 26.2. The zero-order valence-corrected chi connectivity index (χ0v) is 21.5. The van der Waals surface area contributed by atoms with E-state index in [1.165, 1.54) is 24.3 Å². The van der Waals surface area contributed by atoms with Gasteiger partial charge in [0.1, 0.15) is 23.5 Å². The summed E-state index contributed by atoms with van der Waals surface area (Å²) in [7, 11) is 0. The lowest BCUT2D eigenvalue weighted by atomic mass is 9.91. The average molecular weight is 513 g/mol. The fourth-order valence-corrected chi connectivity index (χ4v) is 5.89. The van der Waals surface area contributed by atoms with Crippen molar-refractivity contribution in [3.8, 4) is 0 Å². The first-order chi connectivity index (χ1) is 18.6. The maximum atomic E-state index is 13.9. The minimum Gasteiger partial charge on any atom is -0.364 e. The summed E-state index contributed by atoms with van der Waals surface area (Å²) in [6.07, 6.45) is 5.40. The van der Waals surface area contributed by atoms with Gasteiger partial charge in [-0.1, -0.05) is 38.1 Å². The van der Waals surface area contributed by atoms with Crippen LogP contribution in [0.4, 0.5) is 14.5 Å². The molecule has 3 aromatic heterocycles. The van der Waals surface area contributed by atoms with Crippen molar-refractivity contribution < 1.29 is 8.78 Å².